The summed E-state index contributed by atoms with van der Waals surface area (Å²) in [4.78, 5) is 15.8. The number of aliphatic hydroxyl groups excluding tert-OH is 1. The van der Waals surface area contributed by atoms with Crippen molar-refractivity contribution in [1.82, 2.24) is 5.32 Å². The van der Waals surface area contributed by atoms with E-state index in [2.05, 4.69) is 10.5 Å². The van der Waals surface area contributed by atoms with Crippen molar-refractivity contribution in [3.8, 4) is 11.1 Å². The van der Waals surface area contributed by atoms with Crippen LogP contribution in [0.15, 0.2) is 78.0 Å². The second-order valence-corrected chi connectivity index (χ2v) is 7.81. The monoisotopic (exact) mass is 486 g/mol. The SMILES string of the molecule is O=C(O)C(O)CNCc1ccc(CC=NOCc2ccc(-c3ccccc3)c(C(F)(F)F)c2)cc1. The number of benzene rings is 3. The number of carbonyl (C=O) groups is 1. The summed E-state index contributed by atoms with van der Waals surface area (Å²) in [6, 6.07) is 20.0. The lowest BCUT2D eigenvalue weighted by Gasteiger charge is -2.14. The van der Waals surface area contributed by atoms with Crippen LogP contribution in [0.25, 0.3) is 11.1 Å². The topological polar surface area (TPSA) is 91.2 Å². The van der Waals surface area contributed by atoms with Gasteiger partial charge in [-0.3, -0.25) is 0 Å². The van der Waals surface area contributed by atoms with E-state index in [0.29, 0.717) is 24.1 Å². The lowest BCUT2D eigenvalue weighted by Crippen LogP contribution is -2.32. The fourth-order valence-corrected chi connectivity index (χ4v) is 3.33. The van der Waals surface area contributed by atoms with Crippen molar-refractivity contribution < 1.29 is 33.0 Å². The van der Waals surface area contributed by atoms with Crippen LogP contribution >= 0.6 is 0 Å². The summed E-state index contributed by atoms with van der Waals surface area (Å²) in [5.41, 5.74) is 2.10. The van der Waals surface area contributed by atoms with E-state index in [1.807, 2.05) is 24.3 Å². The number of alkyl halides is 3. The Bertz CT molecular complexity index is 1130. The van der Waals surface area contributed by atoms with Crippen LogP contribution in [0.1, 0.15) is 22.3 Å². The average Bonchev–Trinajstić information content (AvgIpc) is 2.84. The van der Waals surface area contributed by atoms with Crippen molar-refractivity contribution in [2.24, 2.45) is 5.16 Å². The Morgan fingerprint density at radius 1 is 1.00 bits per heavy atom. The molecule has 0 radical (unpaired) electrons. The molecule has 1 unspecified atom stereocenters. The fourth-order valence-electron chi connectivity index (χ4n) is 3.33. The number of aliphatic hydroxyl groups is 1. The molecule has 0 bridgehead atoms. The zero-order valence-electron chi connectivity index (χ0n) is 18.7. The zero-order chi connectivity index (χ0) is 25.3. The number of carboxylic acid groups (broad SMARTS) is 1. The van der Waals surface area contributed by atoms with E-state index in [1.54, 1.807) is 36.4 Å². The first-order valence-electron chi connectivity index (χ1n) is 10.8. The lowest BCUT2D eigenvalue weighted by atomic mass is 9.97. The molecule has 0 amide bonds. The molecule has 6 nitrogen and oxygen atoms in total. The Morgan fingerprint density at radius 2 is 1.66 bits per heavy atom. The summed E-state index contributed by atoms with van der Waals surface area (Å²) in [5, 5.41) is 24.6. The number of halogens is 3. The van der Waals surface area contributed by atoms with Crippen LogP contribution in [0, 0.1) is 0 Å². The zero-order valence-corrected chi connectivity index (χ0v) is 18.7. The summed E-state index contributed by atoms with van der Waals surface area (Å²) in [6.45, 7) is 0.257. The number of nitrogens with one attached hydrogen (secondary N) is 1. The van der Waals surface area contributed by atoms with Crippen molar-refractivity contribution in [2.45, 2.75) is 31.9 Å². The maximum absolute atomic E-state index is 13.6. The van der Waals surface area contributed by atoms with Crippen molar-refractivity contribution >= 4 is 12.2 Å². The van der Waals surface area contributed by atoms with E-state index in [9.17, 15) is 23.1 Å². The summed E-state index contributed by atoms with van der Waals surface area (Å²) < 4.78 is 40.8. The van der Waals surface area contributed by atoms with Gasteiger partial charge < -0.3 is 20.4 Å². The first kappa shape index (κ1) is 25.9. The second-order valence-electron chi connectivity index (χ2n) is 7.81. The van der Waals surface area contributed by atoms with E-state index >= 15 is 0 Å². The predicted octanol–water partition coefficient (Wildman–Crippen LogP) is 4.65. The molecule has 0 saturated heterocycles. The molecule has 0 fully saturated rings. The van der Waals surface area contributed by atoms with E-state index in [1.165, 1.54) is 12.3 Å². The Morgan fingerprint density at radius 3 is 2.31 bits per heavy atom. The smallest absolute Gasteiger partial charge is 0.417 e. The average molecular weight is 486 g/mol. The molecule has 1 atom stereocenters. The molecule has 0 aromatic heterocycles. The van der Waals surface area contributed by atoms with Crippen LogP contribution in [0.3, 0.4) is 0 Å². The highest BCUT2D eigenvalue weighted by atomic mass is 19.4. The summed E-state index contributed by atoms with van der Waals surface area (Å²) in [7, 11) is 0. The standard InChI is InChI=1S/C26H25F3N2O4/c27-26(28,29)23-14-20(10-11-22(23)21-4-2-1-3-5-21)17-35-31-13-12-18-6-8-19(9-7-18)15-30-16-24(32)25(33)34/h1-11,13-14,24,30,32H,12,15-17H2,(H,33,34). The minimum Gasteiger partial charge on any atom is -0.479 e. The third kappa shape index (κ3) is 7.94. The van der Waals surface area contributed by atoms with Crippen LogP contribution in [-0.4, -0.2) is 35.0 Å². The molecule has 0 aliphatic carbocycles. The Hall–Kier alpha value is -3.69. The minimum atomic E-state index is -4.50. The van der Waals surface area contributed by atoms with Gasteiger partial charge in [-0.15, -0.1) is 0 Å². The molecule has 3 rings (SSSR count). The quantitative estimate of drug-likeness (QED) is 0.271. The lowest BCUT2D eigenvalue weighted by molar-refractivity contribution is -0.146. The number of aliphatic carboxylic acids is 1. The van der Waals surface area contributed by atoms with Crippen molar-refractivity contribution in [3.63, 3.8) is 0 Å². The van der Waals surface area contributed by atoms with Gasteiger partial charge in [-0.25, -0.2) is 4.79 Å². The third-order valence-electron chi connectivity index (χ3n) is 5.16. The first-order chi connectivity index (χ1) is 16.7. The summed E-state index contributed by atoms with van der Waals surface area (Å²) in [6.07, 6.45) is -3.96. The normalized spacial score (nSPS) is 12.6. The van der Waals surface area contributed by atoms with Gasteiger partial charge >= 0.3 is 12.1 Å². The van der Waals surface area contributed by atoms with E-state index in [-0.39, 0.29) is 18.7 Å². The first-order valence-corrected chi connectivity index (χ1v) is 10.8. The number of rotatable bonds is 11. The highest BCUT2D eigenvalue weighted by Gasteiger charge is 2.34. The van der Waals surface area contributed by atoms with Crippen molar-refractivity contribution in [2.75, 3.05) is 6.54 Å². The van der Waals surface area contributed by atoms with Gasteiger partial charge in [-0.1, -0.05) is 71.9 Å². The van der Waals surface area contributed by atoms with E-state index in [4.69, 9.17) is 9.94 Å². The number of oxime groups is 1. The number of hydrogen-bond donors (Lipinski definition) is 3. The molecule has 3 aromatic rings. The van der Waals surface area contributed by atoms with Gasteiger partial charge in [-0.2, -0.15) is 13.2 Å². The largest absolute Gasteiger partial charge is 0.479 e. The molecule has 35 heavy (non-hydrogen) atoms. The highest BCUT2D eigenvalue weighted by molar-refractivity contribution is 5.72. The fraction of sp³-hybridized carbons (Fsp3) is 0.231. The number of carboxylic acids is 1. The maximum Gasteiger partial charge on any atom is 0.417 e. The molecule has 0 saturated carbocycles. The van der Waals surface area contributed by atoms with Crippen LogP contribution in [0.2, 0.25) is 0 Å². The van der Waals surface area contributed by atoms with Gasteiger partial charge in [0.15, 0.2) is 6.10 Å². The van der Waals surface area contributed by atoms with Gasteiger partial charge in [0, 0.05) is 25.7 Å². The molecule has 0 aliphatic heterocycles. The van der Waals surface area contributed by atoms with Gasteiger partial charge in [0.1, 0.15) is 6.61 Å². The van der Waals surface area contributed by atoms with Gasteiger partial charge in [0.25, 0.3) is 0 Å². The van der Waals surface area contributed by atoms with E-state index < -0.39 is 23.8 Å². The molecule has 9 heteroatoms. The molecule has 3 N–H and O–H groups in total. The minimum absolute atomic E-state index is 0.0550. The molecule has 184 valence electrons. The van der Waals surface area contributed by atoms with Crippen LogP contribution < -0.4 is 5.32 Å². The second kappa shape index (κ2) is 12.1. The summed E-state index contributed by atoms with van der Waals surface area (Å²) >= 11 is 0. The molecule has 0 heterocycles. The highest BCUT2D eigenvalue weighted by Crippen LogP contribution is 2.37. The van der Waals surface area contributed by atoms with Crippen LogP contribution in [0.4, 0.5) is 13.2 Å². The van der Waals surface area contributed by atoms with Gasteiger partial charge in [-0.05, 0) is 33.9 Å². The number of hydrogen-bond acceptors (Lipinski definition) is 5. The Kier molecular flexibility index (Phi) is 8.99. The molecule has 0 spiro atoms. The van der Waals surface area contributed by atoms with E-state index in [0.717, 1.165) is 17.2 Å². The van der Waals surface area contributed by atoms with Crippen molar-refractivity contribution in [3.05, 3.63) is 95.1 Å². The predicted molar refractivity (Wildman–Crippen MR) is 126 cm³/mol. The molecular formula is C26H25F3N2O4. The third-order valence-corrected chi connectivity index (χ3v) is 5.16. The number of nitrogens with zero attached hydrogens (tertiary/aromatic N) is 1. The maximum atomic E-state index is 13.6. The molecule has 0 aliphatic rings. The van der Waals surface area contributed by atoms with Crippen LogP contribution in [0.5, 0.6) is 0 Å². The Balaban J connectivity index is 1.51. The van der Waals surface area contributed by atoms with Gasteiger partial charge in [0.05, 0.1) is 5.56 Å². The Labute approximate surface area is 200 Å². The van der Waals surface area contributed by atoms with Crippen LogP contribution in [-0.2, 0) is 35.4 Å². The van der Waals surface area contributed by atoms with Crippen molar-refractivity contribution in [1.29, 1.82) is 0 Å². The molecular weight excluding hydrogens is 461 g/mol. The summed E-state index contributed by atoms with van der Waals surface area (Å²) in [5.74, 6) is -1.28. The molecule has 3 aromatic carbocycles. The van der Waals surface area contributed by atoms with Gasteiger partial charge in [0.2, 0.25) is 0 Å².